The third kappa shape index (κ3) is 3.62. The zero-order valence-corrected chi connectivity index (χ0v) is 11.5. The van der Waals surface area contributed by atoms with Gasteiger partial charge in [-0.05, 0) is 22.0 Å². The van der Waals surface area contributed by atoms with Gasteiger partial charge in [-0.25, -0.2) is 4.39 Å². The van der Waals surface area contributed by atoms with Gasteiger partial charge in [0, 0.05) is 6.54 Å². The minimum Gasteiger partial charge on any atom is -0.377 e. The molecule has 0 saturated carbocycles. The minimum atomic E-state index is -0.672. The van der Waals surface area contributed by atoms with Crippen LogP contribution in [0.2, 0.25) is 0 Å². The summed E-state index contributed by atoms with van der Waals surface area (Å²) >= 11 is 3.00. The van der Waals surface area contributed by atoms with E-state index in [1.807, 2.05) is 0 Å². The standard InChI is InChI=1S/C11H12BrFN2O4/c12-8-3-10(11(15(16)17)4-9(8)13)14-5-7-6-18-1-2-19-7/h3-4,7,14H,1-2,5-6H2. The van der Waals surface area contributed by atoms with Crippen LogP contribution in [0.5, 0.6) is 0 Å². The zero-order valence-electron chi connectivity index (χ0n) is 9.90. The van der Waals surface area contributed by atoms with Crippen molar-refractivity contribution in [3.63, 3.8) is 0 Å². The van der Waals surface area contributed by atoms with Gasteiger partial charge >= 0.3 is 0 Å². The summed E-state index contributed by atoms with van der Waals surface area (Å²) in [6.45, 7) is 1.85. The molecule has 0 aliphatic carbocycles. The lowest BCUT2D eigenvalue weighted by Gasteiger charge is -2.23. The first-order valence-electron chi connectivity index (χ1n) is 5.64. The summed E-state index contributed by atoms with van der Waals surface area (Å²) in [6, 6.07) is 2.22. The second-order valence-electron chi connectivity index (χ2n) is 3.99. The van der Waals surface area contributed by atoms with Crippen LogP contribution in [0.3, 0.4) is 0 Å². The Labute approximate surface area is 117 Å². The highest BCUT2D eigenvalue weighted by molar-refractivity contribution is 9.10. The highest BCUT2D eigenvalue weighted by Crippen LogP contribution is 2.30. The van der Waals surface area contributed by atoms with Gasteiger partial charge in [-0.15, -0.1) is 0 Å². The number of rotatable bonds is 4. The van der Waals surface area contributed by atoms with Gasteiger partial charge in [0.25, 0.3) is 5.69 Å². The van der Waals surface area contributed by atoms with Crippen LogP contribution in [-0.4, -0.2) is 37.4 Å². The van der Waals surface area contributed by atoms with Crippen molar-refractivity contribution in [2.24, 2.45) is 0 Å². The molecule has 0 spiro atoms. The average Bonchev–Trinajstić information content (AvgIpc) is 2.40. The molecule has 1 heterocycles. The van der Waals surface area contributed by atoms with E-state index in [0.29, 0.717) is 26.4 Å². The molecule has 1 aliphatic rings. The fraction of sp³-hybridized carbons (Fsp3) is 0.455. The maximum atomic E-state index is 13.3. The Morgan fingerprint density at radius 3 is 2.95 bits per heavy atom. The normalized spacial score (nSPS) is 19.2. The zero-order chi connectivity index (χ0) is 13.8. The molecule has 1 aromatic carbocycles. The smallest absolute Gasteiger partial charge is 0.295 e. The summed E-state index contributed by atoms with van der Waals surface area (Å²) in [5, 5.41) is 13.8. The van der Waals surface area contributed by atoms with Gasteiger partial charge in [0.2, 0.25) is 0 Å². The van der Waals surface area contributed by atoms with Crippen LogP contribution in [0.15, 0.2) is 16.6 Å². The number of nitro groups is 1. The van der Waals surface area contributed by atoms with Crippen molar-refractivity contribution in [3.8, 4) is 0 Å². The van der Waals surface area contributed by atoms with E-state index in [4.69, 9.17) is 9.47 Å². The maximum absolute atomic E-state index is 13.3. The van der Waals surface area contributed by atoms with E-state index >= 15 is 0 Å². The lowest BCUT2D eigenvalue weighted by molar-refractivity contribution is -0.384. The number of anilines is 1. The summed E-state index contributed by atoms with van der Waals surface area (Å²) < 4.78 is 24.1. The summed E-state index contributed by atoms with van der Waals surface area (Å²) in [7, 11) is 0. The molecule has 104 valence electrons. The van der Waals surface area contributed by atoms with E-state index in [9.17, 15) is 14.5 Å². The molecule has 8 heteroatoms. The summed E-state index contributed by atoms with van der Waals surface area (Å²) in [5.74, 6) is -0.672. The van der Waals surface area contributed by atoms with Crippen LogP contribution in [0.1, 0.15) is 0 Å². The Balaban J connectivity index is 2.09. The van der Waals surface area contributed by atoms with E-state index in [1.54, 1.807) is 0 Å². The number of benzene rings is 1. The summed E-state index contributed by atoms with van der Waals surface area (Å²) in [5.41, 5.74) is -0.0649. The van der Waals surface area contributed by atoms with Gasteiger partial charge in [-0.1, -0.05) is 0 Å². The van der Waals surface area contributed by atoms with E-state index in [0.717, 1.165) is 6.07 Å². The van der Waals surface area contributed by atoms with Crippen LogP contribution in [0.25, 0.3) is 0 Å². The Kier molecular flexibility index (Phi) is 4.67. The number of ether oxygens (including phenoxy) is 2. The van der Waals surface area contributed by atoms with Crippen LogP contribution >= 0.6 is 15.9 Å². The van der Waals surface area contributed by atoms with Crippen LogP contribution < -0.4 is 5.32 Å². The van der Waals surface area contributed by atoms with Crippen molar-refractivity contribution < 1.29 is 18.8 Å². The molecule has 0 amide bonds. The molecule has 2 rings (SSSR count). The predicted molar refractivity (Wildman–Crippen MR) is 69.8 cm³/mol. The first-order chi connectivity index (χ1) is 9.08. The number of hydrogen-bond acceptors (Lipinski definition) is 5. The van der Waals surface area contributed by atoms with E-state index < -0.39 is 10.7 Å². The Morgan fingerprint density at radius 2 is 2.32 bits per heavy atom. The molecule has 19 heavy (non-hydrogen) atoms. The molecular formula is C11H12BrFN2O4. The van der Waals surface area contributed by atoms with Crippen molar-refractivity contribution in [3.05, 3.63) is 32.5 Å². The highest BCUT2D eigenvalue weighted by Gasteiger charge is 2.20. The lowest BCUT2D eigenvalue weighted by Crippen LogP contribution is -2.34. The Bertz CT molecular complexity index is 480. The van der Waals surface area contributed by atoms with Crippen molar-refractivity contribution in [2.75, 3.05) is 31.7 Å². The number of nitro benzene ring substituents is 1. The third-order valence-electron chi connectivity index (χ3n) is 2.64. The van der Waals surface area contributed by atoms with Crippen molar-refractivity contribution in [2.45, 2.75) is 6.10 Å². The average molecular weight is 335 g/mol. The largest absolute Gasteiger partial charge is 0.377 e. The lowest BCUT2D eigenvalue weighted by atomic mass is 10.2. The van der Waals surface area contributed by atoms with Crippen molar-refractivity contribution >= 4 is 27.3 Å². The van der Waals surface area contributed by atoms with Crippen LogP contribution in [0.4, 0.5) is 15.8 Å². The molecule has 1 unspecified atom stereocenters. The quantitative estimate of drug-likeness (QED) is 0.675. The second kappa shape index (κ2) is 6.27. The maximum Gasteiger partial charge on any atom is 0.295 e. The van der Waals surface area contributed by atoms with E-state index in [-0.39, 0.29) is 22.0 Å². The van der Waals surface area contributed by atoms with Crippen molar-refractivity contribution in [1.82, 2.24) is 0 Å². The number of halogens is 2. The Hall–Kier alpha value is -1.25. The second-order valence-corrected chi connectivity index (χ2v) is 4.84. The van der Waals surface area contributed by atoms with Crippen LogP contribution in [0, 0.1) is 15.9 Å². The number of nitrogens with one attached hydrogen (secondary N) is 1. The molecule has 1 aromatic rings. The Morgan fingerprint density at radius 1 is 1.53 bits per heavy atom. The van der Waals surface area contributed by atoms with Gasteiger partial charge in [0.15, 0.2) is 0 Å². The van der Waals surface area contributed by atoms with Gasteiger partial charge in [-0.2, -0.15) is 0 Å². The molecule has 1 aliphatic heterocycles. The molecule has 0 bridgehead atoms. The summed E-state index contributed by atoms with van der Waals surface area (Å²) in [4.78, 5) is 10.2. The first-order valence-corrected chi connectivity index (χ1v) is 6.44. The van der Waals surface area contributed by atoms with Crippen LogP contribution in [-0.2, 0) is 9.47 Å². The molecule has 1 saturated heterocycles. The molecule has 1 N–H and O–H groups in total. The number of nitrogens with zero attached hydrogens (tertiary/aromatic N) is 1. The molecule has 0 radical (unpaired) electrons. The fourth-order valence-corrected chi connectivity index (χ4v) is 2.05. The molecule has 1 atom stereocenters. The molecule has 0 aromatic heterocycles. The SMILES string of the molecule is O=[N+]([O-])c1cc(F)c(Br)cc1NCC1COCCO1. The fourth-order valence-electron chi connectivity index (χ4n) is 1.71. The highest BCUT2D eigenvalue weighted by atomic mass is 79.9. The van der Waals surface area contributed by atoms with Gasteiger partial charge in [0.1, 0.15) is 11.5 Å². The summed E-state index contributed by atoms with van der Waals surface area (Å²) in [6.07, 6.45) is -0.169. The minimum absolute atomic E-state index is 0.168. The van der Waals surface area contributed by atoms with Crippen molar-refractivity contribution in [1.29, 1.82) is 0 Å². The first kappa shape index (κ1) is 14.2. The monoisotopic (exact) mass is 334 g/mol. The van der Waals surface area contributed by atoms with Gasteiger partial charge < -0.3 is 14.8 Å². The molecule has 6 nitrogen and oxygen atoms in total. The van der Waals surface area contributed by atoms with E-state index in [2.05, 4.69) is 21.2 Å². The molecule has 1 fully saturated rings. The van der Waals surface area contributed by atoms with Gasteiger partial charge in [-0.3, -0.25) is 10.1 Å². The van der Waals surface area contributed by atoms with Gasteiger partial charge in [0.05, 0.1) is 41.4 Å². The van der Waals surface area contributed by atoms with E-state index in [1.165, 1.54) is 6.07 Å². The third-order valence-corrected chi connectivity index (χ3v) is 3.25. The molecular weight excluding hydrogens is 323 g/mol. The number of hydrogen-bond donors (Lipinski definition) is 1. The topological polar surface area (TPSA) is 73.6 Å². The predicted octanol–water partition coefficient (Wildman–Crippen LogP) is 2.32.